The van der Waals surface area contributed by atoms with E-state index in [2.05, 4.69) is 11.0 Å². The van der Waals surface area contributed by atoms with Crippen LogP contribution in [-0.4, -0.2) is 31.1 Å². The van der Waals surface area contributed by atoms with Gasteiger partial charge in [0.25, 0.3) is 0 Å². The minimum Gasteiger partial charge on any atom is -0.492 e. The smallest absolute Gasteiger partial charge is 0.119 e. The second kappa shape index (κ2) is 6.70. The third-order valence-electron chi connectivity index (χ3n) is 2.56. The molecule has 3 heteroatoms. The lowest BCUT2D eigenvalue weighted by Gasteiger charge is -2.14. The van der Waals surface area contributed by atoms with Gasteiger partial charge < -0.3 is 4.74 Å². The maximum absolute atomic E-state index is 5.61. The lowest BCUT2D eigenvalue weighted by molar-refractivity contribution is 0.238. The average Bonchev–Trinajstić information content (AvgIpc) is 2.72. The Labute approximate surface area is 97.6 Å². The third kappa shape index (κ3) is 4.10. The van der Waals surface area contributed by atoms with Crippen molar-refractivity contribution in [2.75, 3.05) is 26.2 Å². The lowest BCUT2D eigenvalue weighted by Crippen LogP contribution is -2.25. The SMILES string of the molecule is Cl.[c]1ccc(OCCN2CCCC2)cc1. The Morgan fingerprint density at radius 1 is 1.20 bits per heavy atom. The van der Waals surface area contributed by atoms with Crippen LogP contribution in [-0.2, 0) is 0 Å². The molecule has 1 aromatic carbocycles. The summed E-state index contributed by atoms with van der Waals surface area (Å²) in [5.74, 6) is 0.947. The van der Waals surface area contributed by atoms with Crippen molar-refractivity contribution in [3.63, 3.8) is 0 Å². The van der Waals surface area contributed by atoms with Crippen LogP contribution in [0.3, 0.4) is 0 Å². The molecule has 1 aromatic rings. The average molecular weight is 227 g/mol. The molecule has 83 valence electrons. The molecule has 1 aliphatic rings. The number of likely N-dealkylation sites (tertiary alicyclic amines) is 1. The molecule has 1 radical (unpaired) electrons. The molecule has 2 nitrogen and oxygen atoms in total. The molecular formula is C12H17ClNO. The Balaban J connectivity index is 0.00000112. The zero-order valence-corrected chi connectivity index (χ0v) is 9.63. The van der Waals surface area contributed by atoms with E-state index in [0.29, 0.717) is 0 Å². The van der Waals surface area contributed by atoms with Crippen LogP contribution >= 0.6 is 12.4 Å². The van der Waals surface area contributed by atoms with Crippen molar-refractivity contribution in [1.29, 1.82) is 0 Å². The Bertz CT molecular complexity index is 260. The molecule has 0 unspecified atom stereocenters. The second-order valence-electron chi connectivity index (χ2n) is 3.63. The predicted molar refractivity (Wildman–Crippen MR) is 63.7 cm³/mol. The number of hydrogen-bond acceptors (Lipinski definition) is 2. The maximum Gasteiger partial charge on any atom is 0.119 e. The van der Waals surface area contributed by atoms with Gasteiger partial charge in [-0.1, -0.05) is 12.1 Å². The van der Waals surface area contributed by atoms with Crippen LogP contribution in [0.15, 0.2) is 24.3 Å². The highest BCUT2D eigenvalue weighted by Crippen LogP contribution is 2.09. The second-order valence-corrected chi connectivity index (χ2v) is 3.63. The van der Waals surface area contributed by atoms with E-state index in [1.807, 2.05) is 24.3 Å². The first-order chi connectivity index (χ1) is 6.95. The van der Waals surface area contributed by atoms with Crippen LogP contribution in [0.4, 0.5) is 0 Å². The van der Waals surface area contributed by atoms with E-state index >= 15 is 0 Å². The normalized spacial score (nSPS) is 16.0. The number of rotatable bonds is 4. The van der Waals surface area contributed by atoms with Gasteiger partial charge in [0.15, 0.2) is 0 Å². The first-order valence-electron chi connectivity index (χ1n) is 5.26. The highest BCUT2D eigenvalue weighted by Gasteiger charge is 2.10. The van der Waals surface area contributed by atoms with Crippen LogP contribution in [0.1, 0.15) is 12.8 Å². The summed E-state index contributed by atoms with van der Waals surface area (Å²) < 4.78 is 5.61. The largest absolute Gasteiger partial charge is 0.492 e. The molecule has 0 bridgehead atoms. The first kappa shape index (κ1) is 12.3. The van der Waals surface area contributed by atoms with Crippen molar-refractivity contribution in [3.05, 3.63) is 30.3 Å². The molecule has 0 N–H and O–H groups in total. The standard InChI is InChI=1S/C12H16NO.ClH/c1-2-6-12(7-3-1)14-11-10-13-8-4-5-9-13;/h2-3,6-7H,4-5,8-11H2;1H. The Hall–Kier alpha value is -0.730. The monoisotopic (exact) mass is 226 g/mol. The van der Waals surface area contributed by atoms with Crippen molar-refractivity contribution < 1.29 is 4.74 Å². The van der Waals surface area contributed by atoms with Gasteiger partial charge in [-0.3, -0.25) is 4.90 Å². The van der Waals surface area contributed by atoms with E-state index < -0.39 is 0 Å². The van der Waals surface area contributed by atoms with Gasteiger partial charge in [-0.2, -0.15) is 0 Å². The number of nitrogens with zero attached hydrogens (tertiary/aromatic N) is 1. The summed E-state index contributed by atoms with van der Waals surface area (Å²) in [5.41, 5.74) is 0. The maximum atomic E-state index is 5.61. The molecule has 1 fully saturated rings. The molecule has 0 spiro atoms. The van der Waals surface area contributed by atoms with Crippen LogP contribution in [0.2, 0.25) is 0 Å². The van der Waals surface area contributed by atoms with Crippen molar-refractivity contribution in [3.8, 4) is 5.75 Å². The molecule has 0 aliphatic carbocycles. The number of benzene rings is 1. The van der Waals surface area contributed by atoms with Crippen LogP contribution < -0.4 is 4.74 Å². The summed E-state index contributed by atoms with van der Waals surface area (Å²) in [6.45, 7) is 4.33. The van der Waals surface area contributed by atoms with E-state index in [9.17, 15) is 0 Å². The third-order valence-corrected chi connectivity index (χ3v) is 2.56. The number of halogens is 1. The van der Waals surface area contributed by atoms with Gasteiger partial charge in [0, 0.05) is 6.54 Å². The van der Waals surface area contributed by atoms with Gasteiger partial charge in [0.05, 0.1) is 0 Å². The van der Waals surface area contributed by atoms with Crippen molar-refractivity contribution in [2.45, 2.75) is 12.8 Å². The Morgan fingerprint density at radius 2 is 1.87 bits per heavy atom. The van der Waals surface area contributed by atoms with Gasteiger partial charge in [-0.25, -0.2) is 0 Å². The van der Waals surface area contributed by atoms with Crippen LogP contribution in [0.5, 0.6) is 5.75 Å². The molecule has 1 saturated heterocycles. The summed E-state index contributed by atoms with van der Waals surface area (Å²) in [5, 5.41) is 0. The number of hydrogen-bond donors (Lipinski definition) is 0. The zero-order chi connectivity index (χ0) is 9.64. The summed E-state index contributed by atoms with van der Waals surface area (Å²) >= 11 is 0. The fraction of sp³-hybridized carbons (Fsp3) is 0.500. The predicted octanol–water partition coefficient (Wildman–Crippen LogP) is 2.38. The molecule has 0 aromatic heterocycles. The highest BCUT2D eigenvalue weighted by molar-refractivity contribution is 5.85. The molecule has 15 heavy (non-hydrogen) atoms. The zero-order valence-electron chi connectivity index (χ0n) is 8.82. The molecule has 1 aliphatic heterocycles. The fourth-order valence-corrected chi connectivity index (χ4v) is 1.77. The quantitative estimate of drug-likeness (QED) is 0.782. The molecule has 1 heterocycles. The first-order valence-corrected chi connectivity index (χ1v) is 5.26. The van der Waals surface area contributed by atoms with Crippen LogP contribution in [0, 0.1) is 6.07 Å². The Morgan fingerprint density at radius 3 is 2.53 bits per heavy atom. The molecule has 2 rings (SSSR count). The van der Waals surface area contributed by atoms with Gasteiger partial charge in [-0.15, -0.1) is 12.4 Å². The van der Waals surface area contributed by atoms with E-state index in [4.69, 9.17) is 4.74 Å². The Kier molecular flexibility index (Phi) is 5.51. The van der Waals surface area contributed by atoms with Gasteiger partial charge in [-0.05, 0) is 44.1 Å². The molecular weight excluding hydrogens is 210 g/mol. The minimum atomic E-state index is 0. The lowest BCUT2D eigenvalue weighted by atomic mass is 10.3. The highest BCUT2D eigenvalue weighted by atomic mass is 35.5. The van der Waals surface area contributed by atoms with Crippen molar-refractivity contribution >= 4 is 12.4 Å². The van der Waals surface area contributed by atoms with E-state index in [1.54, 1.807) is 0 Å². The molecule has 0 atom stereocenters. The van der Waals surface area contributed by atoms with Gasteiger partial charge in [0.2, 0.25) is 0 Å². The topological polar surface area (TPSA) is 12.5 Å². The number of ether oxygens (including phenoxy) is 1. The van der Waals surface area contributed by atoms with Crippen LogP contribution in [0.25, 0.3) is 0 Å². The molecule has 0 amide bonds. The van der Waals surface area contributed by atoms with Gasteiger partial charge >= 0.3 is 0 Å². The molecule has 0 saturated carbocycles. The van der Waals surface area contributed by atoms with Crippen molar-refractivity contribution in [1.82, 2.24) is 4.90 Å². The minimum absolute atomic E-state index is 0. The summed E-state index contributed by atoms with van der Waals surface area (Å²) in [4.78, 5) is 2.45. The summed E-state index contributed by atoms with van der Waals surface area (Å²) in [6.07, 6.45) is 2.70. The summed E-state index contributed by atoms with van der Waals surface area (Å²) in [7, 11) is 0. The van der Waals surface area contributed by atoms with E-state index in [0.717, 1.165) is 18.9 Å². The van der Waals surface area contributed by atoms with E-state index in [-0.39, 0.29) is 12.4 Å². The summed E-state index contributed by atoms with van der Waals surface area (Å²) in [6, 6.07) is 10.6. The van der Waals surface area contributed by atoms with E-state index in [1.165, 1.54) is 25.9 Å². The van der Waals surface area contributed by atoms with Gasteiger partial charge in [0.1, 0.15) is 12.4 Å². The fourth-order valence-electron chi connectivity index (χ4n) is 1.77. The van der Waals surface area contributed by atoms with Crippen molar-refractivity contribution in [2.24, 2.45) is 0 Å².